The molecular weight excluding hydrogens is 269 g/mol. The number of aliphatic carboxylic acids is 2. The Labute approximate surface area is 114 Å². The molecule has 6 nitrogen and oxygen atoms in total. The molecule has 1 rings (SSSR count). The molecule has 0 aliphatic carbocycles. The first-order valence-corrected chi connectivity index (χ1v) is 5.87. The van der Waals surface area contributed by atoms with Gasteiger partial charge in [0.1, 0.15) is 11.9 Å². The molecule has 0 saturated carbocycles. The molecule has 1 amide bonds. The van der Waals surface area contributed by atoms with E-state index in [4.69, 9.17) is 10.2 Å². The summed E-state index contributed by atoms with van der Waals surface area (Å²) in [6.07, 6.45) is -0.745. The van der Waals surface area contributed by atoms with E-state index in [-0.39, 0.29) is 19.3 Å². The van der Waals surface area contributed by atoms with Crippen LogP contribution in [0.25, 0.3) is 0 Å². The number of benzene rings is 1. The highest BCUT2D eigenvalue weighted by atomic mass is 19.1. The zero-order valence-corrected chi connectivity index (χ0v) is 10.5. The summed E-state index contributed by atoms with van der Waals surface area (Å²) in [5, 5.41) is 19.6. The molecule has 0 spiro atoms. The Hall–Kier alpha value is -2.44. The van der Waals surface area contributed by atoms with Crippen molar-refractivity contribution in [1.29, 1.82) is 0 Å². The van der Waals surface area contributed by atoms with Gasteiger partial charge in [-0.25, -0.2) is 9.18 Å². The van der Waals surface area contributed by atoms with E-state index in [1.54, 1.807) is 0 Å². The van der Waals surface area contributed by atoms with Crippen LogP contribution >= 0.6 is 0 Å². The number of carboxylic acids is 2. The van der Waals surface area contributed by atoms with Gasteiger partial charge in [0, 0.05) is 6.42 Å². The molecule has 1 aromatic rings. The number of amides is 1. The number of rotatable bonds is 7. The van der Waals surface area contributed by atoms with Gasteiger partial charge >= 0.3 is 11.9 Å². The maximum absolute atomic E-state index is 12.9. The van der Waals surface area contributed by atoms with Crippen molar-refractivity contribution >= 4 is 17.8 Å². The molecule has 1 atom stereocenters. The number of carboxylic acid groups (broad SMARTS) is 2. The molecule has 1 aromatic carbocycles. The highest BCUT2D eigenvalue weighted by Gasteiger charge is 2.20. The third-order valence-electron chi connectivity index (χ3n) is 2.53. The Morgan fingerprint density at radius 1 is 1.25 bits per heavy atom. The summed E-state index contributed by atoms with van der Waals surface area (Å²) in [6, 6.07) is 4.11. The molecule has 0 aliphatic rings. The topological polar surface area (TPSA) is 104 Å². The molecule has 0 radical (unpaired) electrons. The SMILES string of the molecule is O=C(O)CCC(NC(=O)Cc1cccc(F)c1)C(=O)O. The van der Waals surface area contributed by atoms with E-state index in [1.165, 1.54) is 24.3 Å². The van der Waals surface area contributed by atoms with Gasteiger partial charge in [-0.05, 0) is 24.1 Å². The van der Waals surface area contributed by atoms with Crippen LogP contribution in [0.5, 0.6) is 0 Å². The van der Waals surface area contributed by atoms with Crippen molar-refractivity contribution in [1.82, 2.24) is 5.32 Å². The van der Waals surface area contributed by atoms with Gasteiger partial charge in [0.15, 0.2) is 0 Å². The first-order chi connectivity index (χ1) is 9.38. The van der Waals surface area contributed by atoms with Gasteiger partial charge in [0.25, 0.3) is 0 Å². The lowest BCUT2D eigenvalue weighted by Crippen LogP contribution is -2.41. The number of halogens is 1. The second-order valence-corrected chi connectivity index (χ2v) is 4.20. The molecule has 7 heteroatoms. The van der Waals surface area contributed by atoms with Crippen molar-refractivity contribution in [3.8, 4) is 0 Å². The highest BCUT2D eigenvalue weighted by Crippen LogP contribution is 2.05. The number of hydrogen-bond acceptors (Lipinski definition) is 3. The maximum atomic E-state index is 12.9. The quantitative estimate of drug-likeness (QED) is 0.686. The normalized spacial score (nSPS) is 11.7. The predicted octanol–water partition coefficient (Wildman–Crippen LogP) is 0.802. The summed E-state index contributed by atoms with van der Waals surface area (Å²) in [7, 11) is 0. The predicted molar refractivity (Wildman–Crippen MR) is 66.5 cm³/mol. The van der Waals surface area contributed by atoms with E-state index in [1.807, 2.05) is 0 Å². The van der Waals surface area contributed by atoms with Gasteiger partial charge in [0.05, 0.1) is 6.42 Å². The standard InChI is InChI=1S/C13H14FNO5/c14-9-3-1-2-8(6-9)7-11(16)15-10(13(19)20)4-5-12(17)18/h1-3,6,10H,4-5,7H2,(H,15,16)(H,17,18)(H,19,20). The summed E-state index contributed by atoms with van der Waals surface area (Å²) in [6.45, 7) is 0. The molecule has 0 saturated heterocycles. The Bertz CT molecular complexity index is 517. The van der Waals surface area contributed by atoms with E-state index in [0.717, 1.165) is 0 Å². The van der Waals surface area contributed by atoms with Crippen molar-refractivity contribution in [2.24, 2.45) is 0 Å². The minimum absolute atomic E-state index is 0.172. The van der Waals surface area contributed by atoms with Crippen molar-refractivity contribution in [3.63, 3.8) is 0 Å². The van der Waals surface area contributed by atoms with Crippen LogP contribution in [0, 0.1) is 5.82 Å². The zero-order valence-electron chi connectivity index (χ0n) is 10.5. The third kappa shape index (κ3) is 5.47. The summed E-state index contributed by atoms with van der Waals surface area (Å²) in [5.41, 5.74) is 0.407. The molecule has 3 N–H and O–H groups in total. The Morgan fingerprint density at radius 2 is 1.95 bits per heavy atom. The van der Waals surface area contributed by atoms with Crippen LogP contribution in [0.2, 0.25) is 0 Å². The van der Waals surface area contributed by atoms with Crippen LogP contribution in [0.1, 0.15) is 18.4 Å². The van der Waals surface area contributed by atoms with E-state index < -0.39 is 29.7 Å². The van der Waals surface area contributed by atoms with Gasteiger partial charge in [0.2, 0.25) is 5.91 Å². The molecule has 20 heavy (non-hydrogen) atoms. The first kappa shape index (κ1) is 15.6. The molecule has 0 fully saturated rings. The smallest absolute Gasteiger partial charge is 0.326 e. The van der Waals surface area contributed by atoms with Crippen molar-refractivity contribution < 1.29 is 29.0 Å². The Kier molecular flexibility index (Phi) is 5.64. The Morgan fingerprint density at radius 3 is 2.50 bits per heavy atom. The minimum atomic E-state index is -1.31. The van der Waals surface area contributed by atoms with Gasteiger partial charge in [-0.2, -0.15) is 0 Å². The van der Waals surface area contributed by atoms with Crippen molar-refractivity contribution in [3.05, 3.63) is 35.6 Å². The van der Waals surface area contributed by atoms with Crippen LogP contribution in [-0.2, 0) is 20.8 Å². The number of nitrogens with one attached hydrogen (secondary N) is 1. The maximum Gasteiger partial charge on any atom is 0.326 e. The molecule has 108 valence electrons. The average Bonchev–Trinajstić information content (AvgIpc) is 2.33. The summed E-state index contributed by atoms with van der Waals surface area (Å²) >= 11 is 0. The number of hydrogen-bond donors (Lipinski definition) is 3. The van der Waals surface area contributed by atoms with Crippen LogP contribution in [0.3, 0.4) is 0 Å². The van der Waals surface area contributed by atoms with Crippen LogP contribution in [-0.4, -0.2) is 34.1 Å². The van der Waals surface area contributed by atoms with E-state index in [0.29, 0.717) is 5.56 Å². The number of carbonyl (C=O) groups is 3. The highest BCUT2D eigenvalue weighted by molar-refractivity contribution is 5.85. The molecular formula is C13H14FNO5. The molecule has 0 aliphatic heterocycles. The zero-order chi connectivity index (χ0) is 15.1. The fourth-order valence-corrected chi connectivity index (χ4v) is 1.60. The fourth-order valence-electron chi connectivity index (χ4n) is 1.60. The van der Waals surface area contributed by atoms with Gasteiger partial charge in [-0.1, -0.05) is 12.1 Å². The van der Waals surface area contributed by atoms with Gasteiger partial charge in [-0.15, -0.1) is 0 Å². The van der Waals surface area contributed by atoms with Crippen molar-refractivity contribution in [2.45, 2.75) is 25.3 Å². The molecule has 0 heterocycles. The molecule has 0 bridgehead atoms. The monoisotopic (exact) mass is 283 g/mol. The van der Waals surface area contributed by atoms with E-state index in [2.05, 4.69) is 5.32 Å². The Balaban J connectivity index is 2.57. The average molecular weight is 283 g/mol. The second kappa shape index (κ2) is 7.22. The summed E-state index contributed by atoms with van der Waals surface area (Å²) in [4.78, 5) is 32.9. The van der Waals surface area contributed by atoms with Crippen LogP contribution in [0.15, 0.2) is 24.3 Å². The largest absolute Gasteiger partial charge is 0.481 e. The van der Waals surface area contributed by atoms with Crippen LogP contribution < -0.4 is 5.32 Å². The lowest BCUT2D eigenvalue weighted by Gasteiger charge is -2.13. The second-order valence-electron chi connectivity index (χ2n) is 4.20. The lowest BCUT2D eigenvalue weighted by atomic mass is 10.1. The third-order valence-corrected chi connectivity index (χ3v) is 2.53. The van der Waals surface area contributed by atoms with Gasteiger partial charge < -0.3 is 15.5 Å². The lowest BCUT2D eigenvalue weighted by molar-refractivity contribution is -0.143. The summed E-state index contributed by atoms with van der Waals surface area (Å²) in [5.74, 6) is -3.54. The first-order valence-electron chi connectivity index (χ1n) is 5.87. The number of carbonyl (C=O) groups excluding carboxylic acids is 1. The minimum Gasteiger partial charge on any atom is -0.481 e. The van der Waals surface area contributed by atoms with E-state index >= 15 is 0 Å². The van der Waals surface area contributed by atoms with Gasteiger partial charge in [-0.3, -0.25) is 9.59 Å². The fraction of sp³-hybridized carbons (Fsp3) is 0.308. The van der Waals surface area contributed by atoms with E-state index in [9.17, 15) is 18.8 Å². The van der Waals surface area contributed by atoms with Crippen molar-refractivity contribution in [2.75, 3.05) is 0 Å². The molecule has 0 aromatic heterocycles. The van der Waals surface area contributed by atoms with Crippen LogP contribution in [0.4, 0.5) is 4.39 Å². The summed E-state index contributed by atoms with van der Waals surface area (Å²) < 4.78 is 12.9. The molecule has 1 unspecified atom stereocenters.